The molecule has 2 aromatic heterocycles. The van der Waals surface area contributed by atoms with Crippen molar-refractivity contribution in [1.82, 2.24) is 23.6 Å². The Labute approximate surface area is 196 Å². The maximum Gasteiger partial charge on any atom is 0.279 e. The van der Waals surface area contributed by atoms with Crippen molar-refractivity contribution < 1.29 is 22.3 Å². The summed E-state index contributed by atoms with van der Waals surface area (Å²) in [6, 6.07) is 2.58. The van der Waals surface area contributed by atoms with Crippen molar-refractivity contribution in [2.75, 3.05) is 25.0 Å². The molecule has 0 spiro atoms. The number of nitrogens with zero attached hydrogens (tertiary/aromatic N) is 4. The molecule has 2 aliphatic rings. The topological polar surface area (TPSA) is 129 Å². The van der Waals surface area contributed by atoms with E-state index >= 15 is 0 Å². The van der Waals surface area contributed by atoms with Crippen LogP contribution in [0.4, 0.5) is 14.7 Å². The van der Waals surface area contributed by atoms with Crippen molar-refractivity contribution in [1.29, 1.82) is 0 Å². The fourth-order valence-corrected chi connectivity index (χ4v) is 5.99. The van der Waals surface area contributed by atoms with Gasteiger partial charge in [-0.1, -0.05) is 0 Å². The van der Waals surface area contributed by atoms with Gasteiger partial charge in [0.1, 0.15) is 5.65 Å². The van der Waals surface area contributed by atoms with Crippen LogP contribution in [0.3, 0.4) is 0 Å². The number of anilines is 1. The molecule has 34 heavy (non-hydrogen) atoms. The molecule has 10 nitrogen and oxygen atoms in total. The molecule has 0 radical (unpaired) electrons. The highest BCUT2D eigenvalue weighted by Crippen LogP contribution is 2.39. The number of nitrogens with one attached hydrogen (secondary N) is 2. The molecule has 188 valence electrons. The molecule has 3 heterocycles. The lowest BCUT2D eigenvalue weighted by Gasteiger charge is -2.32. The molecule has 1 saturated heterocycles. The average Bonchev–Trinajstić information content (AvgIpc) is 3.11. The summed E-state index contributed by atoms with van der Waals surface area (Å²) in [6.07, 6.45) is 4.56. The van der Waals surface area contributed by atoms with E-state index in [0.29, 0.717) is 49.6 Å². The molecule has 3 N–H and O–H groups in total. The van der Waals surface area contributed by atoms with Crippen LogP contribution >= 0.6 is 0 Å². The van der Waals surface area contributed by atoms with Crippen molar-refractivity contribution in [2.24, 2.45) is 0 Å². The Kier molecular flexibility index (Phi) is 6.66. The third kappa shape index (κ3) is 5.37. The number of aliphatic hydroxyl groups is 1. The van der Waals surface area contributed by atoms with Crippen LogP contribution in [0.25, 0.3) is 11.0 Å². The number of alkyl halides is 2. The molecule has 0 bridgehead atoms. The lowest BCUT2D eigenvalue weighted by molar-refractivity contribution is 0.0265. The number of aromatic nitrogens is 3. The van der Waals surface area contributed by atoms with E-state index in [0.717, 1.165) is 10.7 Å². The standard InChI is InChI=1S/C21H30F2N6O4S/c1-20(31)9-3-4-16(20)29-17(30)6-5-14-12-24-19(27-18(14)29)26-15-7-10-28(11-8-15)34(32,33)25-13-21(2,22)23/h5-6,12,15-16,25,31H,3-4,7-11,13H2,1-2H3,(H,24,26,27)/t16-,20-/m1/s1. The second-order valence-electron chi connectivity index (χ2n) is 9.49. The quantitative estimate of drug-likeness (QED) is 0.527. The lowest BCUT2D eigenvalue weighted by atomic mass is 10.00. The molecule has 0 aromatic carbocycles. The first-order chi connectivity index (χ1) is 15.9. The number of halogens is 2. The molecule has 1 saturated carbocycles. The van der Waals surface area contributed by atoms with Gasteiger partial charge in [0.2, 0.25) is 5.95 Å². The molecule has 0 unspecified atom stereocenters. The maximum atomic E-state index is 13.0. The van der Waals surface area contributed by atoms with Crippen molar-refractivity contribution in [3.05, 3.63) is 28.7 Å². The predicted molar refractivity (Wildman–Crippen MR) is 123 cm³/mol. The molecule has 13 heteroatoms. The molecule has 1 aliphatic carbocycles. The van der Waals surface area contributed by atoms with Crippen LogP contribution in [0.1, 0.15) is 52.0 Å². The van der Waals surface area contributed by atoms with E-state index in [4.69, 9.17) is 0 Å². The molecule has 0 amide bonds. The van der Waals surface area contributed by atoms with Crippen LogP contribution in [0.15, 0.2) is 23.1 Å². The van der Waals surface area contributed by atoms with Gasteiger partial charge >= 0.3 is 0 Å². The second-order valence-corrected chi connectivity index (χ2v) is 11.2. The molecule has 2 aromatic rings. The van der Waals surface area contributed by atoms with Crippen molar-refractivity contribution in [3.63, 3.8) is 0 Å². The molecule has 1 aliphatic heterocycles. The highest BCUT2D eigenvalue weighted by molar-refractivity contribution is 7.87. The largest absolute Gasteiger partial charge is 0.388 e. The van der Waals surface area contributed by atoms with Crippen LogP contribution in [-0.2, 0) is 10.2 Å². The van der Waals surface area contributed by atoms with E-state index in [1.165, 1.54) is 6.07 Å². The fraction of sp³-hybridized carbons (Fsp3) is 0.667. The minimum Gasteiger partial charge on any atom is -0.388 e. The second kappa shape index (κ2) is 9.10. The molecular weight excluding hydrogens is 470 g/mol. The van der Waals surface area contributed by atoms with Crippen LogP contribution in [-0.4, -0.2) is 69.6 Å². The Morgan fingerprint density at radius 3 is 2.59 bits per heavy atom. The van der Waals surface area contributed by atoms with Crippen LogP contribution in [0.5, 0.6) is 0 Å². The maximum absolute atomic E-state index is 13.0. The molecular formula is C21H30F2N6O4S. The third-order valence-corrected chi connectivity index (χ3v) is 8.10. The van der Waals surface area contributed by atoms with Crippen LogP contribution in [0.2, 0.25) is 0 Å². The minimum atomic E-state index is -3.99. The summed E-state index contributed by atoms with van der Waals surface area (Å²) in [5.41, 5.74) is -0.819. The van der Waals surface area contributed by atoms with Gasteiger partial charge in [0.25, 0.3) is 21.7 Å². The first-order valence-corrected chi connectivity index (χ1v) is 12.8. The van der Waals surface area contributed by atoms with E-state index in [1.54, 1.807) is 23.8 Å². The van der Waals surface area contributed by atoms with E-state index in [2.05, 4.69) is 15.3 Å². The Bertz CT molecular complexity index is 1210. The van der Waals surface area contributed by atoms with Crippen LogP contribution < -0.4 is 15.6 Å². The van der Waals surface area contributed by atoms with E-state index < -0.39 is 28.3 Å². The van der Waals surface area contributed by atoms with Crippen molar-refractivity contribution >= 4 is 27.2 Å². The van der Waals surface area contributed by atoms with Gasteiger partial charge in [-0.15, -0.1) is 0 Å². The monoisotopic (exact) mass is 500 g/mol. The summed E-state index contributed by atoms with van der Waals surface area (Å²) >= 11 is 0. The Morgan fingerprint density at radius 2 is 1.97 bits per heavy atom. The van der Waals surface area contributed by atoms with Gasteiger partial charge in [-0.05, 0) is 45.1 Å². The predicted octanol–water partition coefficient (Wildman–Crippen LogP) is 1.63. The zero-order chi connectivity index (χ0) is 24.7. The summed E-state index contributed by atoms with van der Waals surface area (Å²) in [5, 5.41) is 14.6. The third-order valence-electron chi connectivity index (χ3n) is 6.55. The Hall–Kier alpha value is -2.22. The van der Waals surface area contributed by atoms with E-state index in [1.807, 2.05) is 4.72 Å². The number of rotatable bonds is 7. The smallest absolute Gasteiger partial charge is 0.279 e. The number of pyridine rings is 1. The van der Waals surface area contributed by atoms with Crippen LogP contribution in [0, 0.1) is 0 Å². The highest BCUT2D eigenvalue weighted by atomic mass is 32.2. The molecule has 2 fully saturated rings. The van der Waals surface area contributed by atoms with Gasteiger partial charge in [0, 0.05) is 43.7 Å². The fourth-order valence-electron chi connectivity index (χ4n) is 4.68. The summed E-state index contributed by atoms with van der Waals surface area (Å²) in [4.78, 5) is 21.6. The highest BCUT2D eigenvalue weighted by Gasteiger charge is 2.39. The van der Waals surface area contributed by atoms with Crippen molar-refractivity contribution in [2.45, 2.75) is 69.6 Å². The normalized spacial score (nSPS) is 25.1. The molecule has 4 rings (SSSR count). The van der Waals surface area contributed by atoms with E-state index in [9.17, 15) is 27.1 Å². The zero-order valence-electron chi connectivity index (χ0n) is 19.2. The summed E-state index contributed by atoms with van der Waals surface area (Å²) in [5.74, 6) is -2.83. The number of piperidine rings is 1. The lowest BCUT2D eigenvalue weighted by Crippen LogP contribution is -2.49. The Morgan fingerprint density at radius 1 is 1.26 bits per heavy atom. The van der Waals surface area contributed by atoms with Gasteiger partial charge < -0.3 is 10.4 Å². The average molecular weight is 501 g/mol. The first kappa shape index (κ1) is 24.9. The summed E-state index contributed by atoms with van der Waals surface area (Å²) in [6.45, 7) is 1.75. The Balaban J connectivity index is 1.48. The zero-order valence-corrected chi connectivity index (χ0v) is 20.0. The number of hydrogen-bond donors (Lipinski definition) is 3. The van der Waals surface area contributed by atoms with Gasteiger partial charge in [0.05, 0.1) is 18.2 Å². The minimum absolute atomic E-state index is 0.130. The van der Waals surface area contributed by atoms with Gasteiger partial charge in [-0.25, -0.2) is 13.8 Å². The molecule has 2 atom stereocenters. The van der Waals surface area contributed by atoms with Gasteiger partial charge in [-0.3, -0.25) is 9.36 Å². The number of hydrogen-bond acceptors (Lipinski definition) is 7. The summed E-state index contributed by atoms with van der Waals surface area (Å²) in [7, 11) is -3.99. The SMILES string of the molecule is CC(F)(F)CNS(=O)(=O)N1CCC(Nc2ncc3ccc(=O)n([C@@H]4CCC[C@@]4(C)O)c3n2)CC1. The van der Waals surface area contributed by atoms with Crippen molar-refractivity contribution in [3.8, 4) is 0 Å². The first-order valence-electron chi connectivity index (χ1n) is 11.4. The van der Waals surface area contributed by atoms with Gasteiger partial charge in [-0.2, -0.15) is 22.4 Å². The van der Waals surface area contributed by atoms with E-state index in [-0.39, 0.29) is 30.7 Å². The number of fused-ring (bicyclic) bond motifs is 1. The van der Waals surface area contributed by atoms with Gasteiger partial charge in [0.15, 0.2) is 0 Å². The summed E-state index contributed by atoms with van der Waals surface area (Å²) < 4.78 is 55.2.